The van der Waals surface area contributed by atoms with Crippen LogP contribution >= 0.6 is 0 Å². The number of hydrogen-bond donors (Lipinski definition) is 0. The Morgan fingerprint density at radius 2 is 1.83 bits per heavy atom. The molecular weight excluding hydrogens is 313 g/mol. The van der Waals surface area contributed by atoms with E-state index in [1.165, 1.54) is 16.4 Å². The Balaban J connectivity index is 2.14. The smallest absolute Gasteiger partial charge is 0.263 e. The molecular formula is C18H20FNO2S. The second-order valence-corrected chi connectivity index (χ2v) is 8.02. The Morgan fingerprint density at radius 1 is 1.09 bits per heavy atom. The third-order valence-electron chi connectivity index (χ3n) is 4.55. The van der Waals surface area contributed by atoms with Gasteiger partial charge in [0.25, 0.3) is 10.0 Å². The van der Waals surface area contributed by atoms with Crippen LogP contribution in [0.5, 0.6) is 0 Å². The van der Waals surface area contributed by atoms with Crippen LogP contribution in [0, 0.1) is 19.7 Å². The van der Waals surface area contributed by atoms with E-state index >= 15 is 0 Å². The molecule has 5 heteroatoms. The van der Waals surface area contributed by atoms with Gasteiger partial charge in [0, 0.05) is 6.04 Å². The number of nitrogens with zero attached hydrogens (tertiary/aromatic N) is 1. The van der Waals surface area contributed by atoms with Crippen molar-refractivity contribution in [2.75, 3.05) is 4.31 Å². The standard InChI is InChI=1S/C18H20FNO2S/c1-12-4-8-17(10-13(12)2)23(21,22)20-14(3)5-6-15-11-16(19)7-9-18(15)20/h4,7-11,14H,5-6H2,1-3H3. The number of halogens is 1. The molecule has 0 saturated heterocycles. The van der Waals surface area contributed by atoms with E-state index < -0.39 is 10.0 Å². The maximum Gasteiger partial charge on any atom is 0.264 e. The van der Waals surface area contributed by atoms with E-state index in [2.05, 4.69) is 0 Å². The van der Waals surface area contributed by atoms with Crippen LogP contribution in [0.25, 0.3) is 0 Å². The average molecular weight is 333 g/mol. The van der Waals surface area contributed by atoms with Gasteiger partial charge in [-0.3, -0.25) is 4.31 Å². The van der Waals surface area contributed by atoms with Crippen molar-refractivity contribution in [1.29, 1.82) is 0 Å². The lowest BCUT2D eigenvalue weighted by Gasteiger charge is -2.36. The SMILES string of the molecule is Cc1ccc(S(=O)(=O)N2c3ccc(F)cc3CCC2C)cc1C. The Labute approximate surface area is 136 Å². The topological polar surface area (TPSA) is 37.4 Å². The fourth-order valence-electron chi connectivity index (χ4n) is 3.04. The Morgan fingerprint density at radius 3 is 2.52 bits per heavy atom. The van der Waals surface area contributed by atoms with Crippen molar-refractivity contribution in [3.8, 4) is 0 Å². The summed E-state index contributed by atoms with van der Waals surface area (Å²) in [6.07, 6.45) is 1.37. The molecule has 0 saturated carbocycles. The highest BCUT2D eigenvalue weighted by molar-refractivity contribution is 7.92. The van der Waals surface area contributed by atoms with Crippen LogP contribution in [0.4, 0.5) is 10.1 Å². The molecule has 1 heterocycles. The highest BCUT2D eigenvalue weighted by atomic mass is 32.2. The molecule has 0 fully saturated rings. The first-order valence-electron chi connectivity index (χ1n) is 7.71. The maximum atomic E-state index is 13.5. The van der Waals surface area contributed by atoms with Gasteiger partial charge < -0.3 is 0 Å². The fourth-order valence-corrected chi connectivity index (χ4v) is 4.85. The molecule has 0 N–H and O–H groups in total. The first-order chi connectivity index (χ1) is 10.8. The summed E-state index contributed by atoms with van der Waals surface area (Å²) in [4.78, 5) is 0.282. The normalized spacial score (nSPS) is 17.9. The van der Waals surface area contributed by atoms with Crippen molar-refractivity contribution < 1.29 is 12.8 Å². The van der Waals surface area contributed by atoms with Crippen molar-refractivity contribution in [1.82, 2.24) is 0 Å². The summed E-state index contributed by atoms with van der Waals surface area (Å²) in [6, 6.07) is 9.34. The first kappa shape index (κ1) is 16.0. The Kier molecular flexibility index (Phi) is 3.92. The summed E-state index contributed by atoms with van der Waals surface area (Å²) in [5.41, 5.74) is 3.33. The van der Waals surface area contributed by atoms with Crippen molar-refractivity contribution in [2.24, 2.45) is 0 Å². The van der Waals surface area contributed by atoms with Gasteiger partial charge in [0.15, 0.2) is 0 Å². The summed E-state index contributed by atoms with van der Waals surface area (Å²) in [6.45, 7) is 5.75. The van der Waals surface area contributed by atoms with Gasteiger partial charge in [0.2, 0.25) is 0 Å². The lowest BCUT2D eigenvalue weighted by atomic mass is 9.99. The molecule has 0 radical (unpaired) electrons. The lowest BCUT2D eigenvalue weighted by molar-refractivity contribution is 0.560. The molecule has 1 aliphatic rings. The minimum absolute atomic E-state index is 0.153. The molecule has 122 valence electrons. The largest absolute Gasteiger partial charge is 0.264 e. The number of sulfonamides is 1. The van der Waals surface area contributed by atoms with Gasteiger partial charge in [0.1, 0.15) is 5.82 Å². The quantitative estimate of drug-likeness (QED) is 0.834. The summed E-state index contributed by atoms with van der Waals surface area (Å²) < 4.78 is 41.2. The maximum absolute atomic E-state index is 13.5. The van der Waals surface area contributed by atoms with E-state index in [1.54, 1.807) is 18.2 Å². The van der Waals surface area contributed by atoms with E-state index in [-0.39, 0.29) is 16.8 Å². The van der Waals surface area contributed by atoms with E-state index in [4.69, 9.17) is 0 Å². The van der Waals surface area contributed by atoms with Crippen LogP contribution in [0.3, 0.4) is 0 Å². The molecule has 2 aromatic rings. The van der Waals surface area contributed by atoms with E-state index in [0.29, 0.717) is 18.5 Å². The molecule has 0 aliphatic carbocycles. The van der Waals surface area contributed by atoms with E-state index in [9.17, 15) is 12.8 Å². The zero-order chi connectivity index (χ0) is 16.8. The van der Waals surface area contributed by atoms with Crippen molar-refractivity contribution in [3.63, 3.8) is 0 Å². The van der Waals surface area contributed by atoms with Crippen LogP contribution in [-0.2, 0) is 16.4 Å². The highest BCUT2D eigenvalue weighted by Gasteiger charge is 2.34. The summed E-state index contributed by atoms with van der Waals surface area (Å²) in [7, 11) is -3.67. The molecule has 3 rings (SSSR count). The van der Waals surface area contributed by atoms with Crippen molar-refractivity contribution in [2.45, 2.75) is 44.6 Å². The minimum Gasteiger partial charge on any atom is -0.263 e. The molecule has 0 spiro atoms. The van der Waals surface area contributed by atoms with Gasteiger partial charge in [-0.05, 0) is 80.6 Å². The van der Waals surface area contributed by atoms with Crippen LogP contribution in [0.1, 0.15) is 30.0 Å². The van der Waals surface area contributed by atoms with Gasteiger partial charge in [-0.15, -0.1) is 0 Å². The molecule has 3 nitrogen and oxygen atoms in total. The minimum atomic E-state index is -3.67. The third-order valence-corrected chi connectivity index (χ3v) is 6.47. The molecule has 23 heavy (non-hydrogen) atoms. The summed E-state index contributed by atoms with van der Waals surface area (Å²) in [5, 5.41) is 0. The van der Waals surface area contributed by atoms with Gasteiger partial charge in [-0.2, -0.15) is 0 Å². The van der Waals surface area contributed by atoms with Gasteiger partial charge in [-0.25, -0.2) is 12.8 Å². The molecule has 0 aromatic heterocycles. The van der Waals surface area contributed by atoms with Crippen LogP contribution in [0.15, 0.2) is 41.3 Å². The van der Waals surface area contributed by atoms with Gasteiger partial charge in [0.05, 0.1) is 10.6 Å². The Bertz CT molecular complexity index is 861. The van der Waals surface area contributed by atoms with Crippen molar-refractivity contribution >= 4 is 15.7 Å². The zero-order valence-corrected chi connectivity index (χ0v) is 14.3. The molecule has 1 atom stereocenters. The van der Waals surface area contributed by atoms with E-state index in [0.717, 1.165) is 16.7 Å². The number of fused-ring (bicyclic) bond motifs is 1. The lowest BCUT2D eigenvalue weighted by Crippen LogP contribution is -2.42. The fraction of sp³-hybridized carbons (Fsp3) is 0.333. The average Bonchev–Trinajstić information content (AvgIpc) is 2.49. The highest BCUT2D eigenvalue weighted by Crippen LogP contribution is 2.36. The molecule has 1 aliphatic heterocycles. The molecule has 1 unspecified atom stereocenters. The summed E-state index contributed by atoms with van der Waals surface area (Å²) >= 11 is 0. The number of rotatable bonds is 2. The predicted octanol–water partition coefficient (Wildman–Crippen LogP) is 3.97. The predicted molar refractivity (Wildman–Crippen MR) is 89.8 cm³/mol. The Hall–Kier alpha value is -1.88. The monoisotopic (exact) mass is 333 g/mol. The number of hydrogen-bond acceptors (Lipinski definition) is 2. The number of aryl methyl sites for hydroxylation is 3. The van der Waals surface area contributed by atoms with Crippen LogP contribution in [-0.4, -0.2) is 14.5 Å². The molecule has 0 amide bonds. The first-order valence-corrected chi connectivity index (χ1v) is 9.15. The van der Waals surface area contributed by atoms with Crippen LogP contribution in [0.2, 0.25) is 0 Å². The second-order valence-electron chi connectivity index (χ2n) is 6.21. The van der Waals surface area contributed by atoms with Gasteiger partial charge in [-0.1, -0.05) is 6.07 Å². The molecule has 2 aromatic carbocycles. The van der Waals surface area contributed by atoms with Gasteiger partial charge >= 0.3 is 0 Å². The van der Waals surface area contributed by atoms with E-state index in [1.807, 2.05) is 26.8 Å². The molecule has 0 bridgehead atoms. The van der Waals surface area contributed by atoms with Crippen molar-refractivity contribution in [3.05, 3.63) is 58.9 Å². The summed E-state index contributed by atoms with van der Waals surface area (Å²) in [5.74, 6) is -0.332. The zero-order valence-electron chi connectivity index (χ0n) is 13.5. The number of anilines is 1. The third kappa shape index (κ3) is 2.74. The second kappa shape index (κ2) is 5.64. The number of benzene rings is 2. The van der Waals surface area contributed by atoms with Crippen LogP contribution < -0.4 is 4.31 Å².